The van der Waals surface area contributed by atoms with Gasteiger partial charge in [0.15, 0.2) is 0 Å². The second kappa shape index (κ2) is 5.71. The van der Waals surface area contributed by atoms with Gasteiger partial charge < -0.3 is 4.74 Å². The summed E-state index contributed by atoms with van der Waals surface area (Å²) in [4.78, 5) is 0. The zero-order chi connectivity index (χ0) is 12.8. The Hall–Kier alpha value is -1.78. The Morgan fingerprint density at radius 2 is 2.00 bits per heavy atom. The van der Waals surface area contributed by atoms with E-state index in [2.05, 4.69) is 37.0 Å². The van der Waals surface area contributed by atoms with Crippen LogP contribution in [0.3, 0.4) is 0 Å². The van der Waals surface area contributed by atoms with E-state index in [-0.39, 0.29) is 5.60 Å². The van der Waals surface area contributed by atoms with Crippen molar-refractivity contribution in [3.63, 3.8) is 0 Å². The first-order valence-electron chi connectivity index (χ1n) is 6.29. The second-order valence-corrected chi connectivity index (χ2v) is 4.44. The first kappa shape index (κ1) is 12.7. The lowest BCUT2D eigenvalue weighted by molar-refractivity contribution is 0.0305. The summed E-state index contributed by atoms with van der Waals surface area (Å²) in [5, 5.41) is 0. The number of methoxy groups -OCH3 is 1. The third kappa shape index (κ3) is 2.91. The van der Waals surface area contributed by atoms with Crippen LogP contribution in [0, 0.1) is 11.8 Å². The van der Waals surface area contributed by atoms with Crippen molar-refractivity contribution in [2.75, 3.05) is 7.11 Å². The molecule has 0 heterocycles. The Bertz CT molecular complexity index is 508. The number of ether oxygens (including phenoxy) is 1. The molecule has 1 aliphatic rings. The molecule has 1 aromatic carbocycles. The van der Waals surface area contributed by atoms with Gasteiger partial charge in [-0.05, 0) is 31.1 Å². The van der Waals surface area contributed by atoms with Crippen LogP contribution in [0.2, 0.25) is 0 Å². The van der Waals surface area contributed by atoms with Gasteiger partial charge in [0.25, 0.3) is 0 Å². The van der Waals surface area contributed by atoms with Crippen LogP contribution in [0.4, 0.5) is 0 Å². The van der Waals surface area contributed by atoms with Gasteiger partial charge in [0.1, 0.15) is 0 Å². The summed E-state index contributed by atoms with van der Waals surface area (Å²) in [7, 11) is 1.77. The minimum absolute atomic E-state index is 0.127. The van der Waals surface area contributed by atoms with Crippen LogP contribution in [0.15, 0.2) is 54.1 Å². The number of hydrogen-bond donors (Lipinski definition) is 0. The van der Waals surface area contributed by atoms with Crippen molar-refractivity contribution in [1.29, 1.82) is 0 Å². The third-order valence-corrected chi connectivity index (χ3v) is 3.36. The number of benzene rings is 1. The molecule has 18 heavy (non-hydrogen) atoms. The Kier molecular flexibility index (Phi) is 4.02. The van der Waals surface area contributed by atoms with Crippen molar-refractivity contribution in [2.45, 2.75) is 25.4 Å². The van der Waals surface area contributed by atoms with E-state index >= 15 is 0 Å². The second-order valence-electron chi connectivity index (χ2n) is 4.44. The standard InChI is InChI=1S/C17H18O/c1-3-17(18-2)13-11-16(12-14-17)10-9-15-7-5-4-6-8-15/h4-8,11-13H,3,14H2,1-2H3. The Labute approximate surface area is 109 Å². The van der Waals surface area contributed by atoms with E-state index in [1.165, 1.54) is 0 Å². The smallest absolute Gasteiger partial charge is 0.0894 e. The maximum atomic E-state index is 5.56. The van der Waals surface area contributed by atoms with E-state index in [0.29, 0.717) is 0 Å². The van der Waals surface area contributed by atoms with Gasteiger partial charge in [-0.25, -0.2) is 0 Å². The molecule has 0 radical (unpaired) electrons. The van der Waals surface area contributed by atoms with Crippen molar-refractivity contribution in [2.24, 2.45) is 0 Å². The molecule has 0 aliphatic heterocycles. The van der Waals surface area contributed by atoms with Gasteiger partial charge in [-0.15, -0.1) is 0 Å². The van der Waals surface area contributed by atoms with Crippen LogP contribution in [0.1, 0.15) is 25.3 Å². The maximum absolute atomic E-state index is 5.56. The predicted octanol–water partition coefficient (Wildman–Crippen LogP) is 3.72. The largest absolute Gasteiger partial charge is 0.374 e. The zero-order valence-corrected chi connectivity index (χ0v) is 10.9. The highest BCUT2D eigenvalue weighted by molar-refractivity contribution is 5.47. The highest BCUT2D eigenvalue weighted by Gasteiger charge is 2.25. The topological polar surface area (TPSA) is 9.23 Å². The molecule has 92 valence electrons. The molecule has 1 unspecified atom stereocenters. The van der Waals surface area contributed by atoms with Gasteiger partial charge in [-0.3, -0.25) is 0 Å². The number of rotatable bonds is 2. The molecule has 0 bridgehead atoms. The van der Waals surface area contributed by atoms with Crippen molar-refractivity contribution in [1.82, 2.24) is 0 Å². The molecular weight excluding hydrogens is 220 g/mol. The molecule has 1 nitrogen and oxygen atoms in total. The molecule has 0 fully saturated rings. The van der Waals surface area contributed by atoms with Crippen molar-refractivity contribution >= 4 is 0 Å². The summed E-state index contributed by atoms with van der Waals surface area (Å²) in [6, 6.07) is 10.0. The lowest BCUT2D eigenvalue weighted by Crippen LogP contribution is -2.28. The SMILES string of the molecule is CCC1(OC)C=CC(C#Cc2ccccc2)=CC1. The molecule has 1 atom stereocenters. The summed E-state index contributed by atoms with van der Waals surface area (Å²) in [5.41, 5.74) is 1.99. The summed E-state index contributed by atoms with van der Waals surface area (Å²) in [5.74, 6) is 6.36. The molecule has 0 saturated heterocycles. The molecule has 2 rings (SSSR count). The molecular formula is C17H18O. The summed E-state index contributed by atoms with van der Waals surface area (Å²) in [6.45, 7) is 2.14. The Balaban J connectivity index is 2.09. The van der Waals surface area contributed by atoms with E-state index in [1.54, 1.807) is 7.11 Å². The third-order valence-electron chi connectivity index (χ3n) is 3.36. The average molecular weight is 238 g/mol. The van der Waals surface area contributed by atoms with E-state index < -0.39 is 0 Å². The normalized spacial score (nSPS) is 22.0. The van der Waals surface area contributed by atoms with Crippen LogP contribution >= 0.6 is 0 Å². The first-order chi connectivity index (χ1) is 8.78. The quantitative estimate of drug-likeness (QED) is 0.713. The Morgan fingerprint density at radius 3 is 2.56 bits per heavy atom. The molecule has 0 spiro atoms. The molecule has 0 N–H and O–H groups in total. The molecule has 0 aromatic heterocycles. The Morgan fingerprint density at radius 1 is 1.22 bits per heavy atom. The van der Waals surface area contributed by atoms with Gasteiger partial charge in [-0.2, -0.15) is 0 Å². The lowest BCUT2D eigenvalue weighted by atomic mass is 9.89. The van der Waals surface area contributed by atoms with Gasteiger partial charge in [0.2, 0.25) is 0 Å². The van der Waals surface area contributed by atoms with Gasteiger partial charge in [-0.1, -0.05) is 49.1 Å². The van der Waals surface area contributed by atoms with Crippen LogP contribution in [-0.4, -0.2) is 12.7 Å². The minimum atomic E-state index is -0.127. The number of hydrogen-bond acceptors (Lipinski definition) is 1. The molecule has 0 amide bonds. The maximum Gasteiger partial charge on any atom is 0.0894 e. The summed E-state index contributed by atoms with van der Waals surface area (Å²) < 4.78 is 5.56. The molecule has 0 saturated carbocycles. The van der Waals surface area contributed by atoms with Gasteiger partial charge in [0.05, 0.1) is 5.60 Å². The van der Waals surface area contributed by atoms with E-state index in [1.807, 2.05) is 30.3 Å². The van der Waals surface area contributed by atoms with Crippen molar-refractivity contribution in [3.05, 3.63) is 59.7 Å². The highest BCUT2D eigenvalue weighted by atomic mass is 16.5. The first-order valence-corrected chi connectivity index (χ1v) is 6.29. The molecule has 1 aromatic rings. The predicted molar refractivity (Wildman–Crippen MR) is 75.2 cm³/mol. The number of allylic oxidation sites excluding steroid dienone is 2. The zero-order valence-electron chi connectivity index (χ0n) is 10.9. The van der Waals surface area contributed by atoms with E-state index in [9.17, 15) is 0 Å². The van der Waals surface area contributed by atoms with Crippen LogP contribution in [-0.2, 0) is 4.74 Å². The van der Waals surface area contributed by atoms with Crippen molar-refractivity contribution in [3.8, 4) is 11.8 Å². The minimum Gasteiger partial charge on any atom is -0.374 e. The summed E-state index contributed by atoms with van der Waals surface area (Å²) >= 11 is 0. The fourth-order valence-electron chi connectivity index (χ4n) is 1.98. The average Bonchev–Trinajstić information content (AvgIpc) is 2.47. The van der Waals surface area contributed by atoms with Crippen molar-refractivity contribution < 1.29 is 4.74 Å². The lowest BCUT2D eigenvalue weighted by Gasteiger charge is -2.28. The van der Waals surface area contributed by atoms with Crippen LogP contribution in [0.5, 0.6) is 0 Å². The van der Waals surface area contributed by atoms with E-state index in [0.717, 1.165) is 24.0 Å². The van der Waals surface area contributed by atoms with Gasteiger partial charge >= 0.3 is 0 Å². The monoisotopic (exact) mass is 238 g/mol. The highest BCUT2D eigenvalue weighted by Crippen LogP contribution is 2.27. The van der Waals surface area contributed by atoms with Gasteiger partial charge in [0, 0.05) is 18.2 Å². The fourth-order valence-corrected chi connectivity index (χ4v) is 1.98. The van der Waals surface area contributed by atoms with E-state index in [4.69, 9.17) is 4.74 Å². The summed E-state index contributed by atoms with van der Waals surface area (Å²) in [6.07, 6.45) is 8.22. The van der Waals surface area contributed by atoms with Crippen LogP contribution in [0.25, 0.3) is 0 Å². The fraction of sp³-hybridized carbons (Fsp3) is 0.294. The molecule has 1 aliphatic carbocycles. The molecule has 1 heteroatoms. The van der Waals surface area contributed by atoms with Crippen LogP contribution < -0.4 is 0 Å².